The van der Waals surface area contributed by atoms with Gasteiger partial charge >= 0.3 is 6.09 Å². The average Bonchev–Trinajstić information content (AvgIpc) is 3.72. The molecule has 2 aliphatic rings. The number of nitrogens with one attached hydrogen (secondary N) is 1. The molecule has 0 saturated carbocycles. The van der Waals surface area contributed by atoms with Gasteiger partial charge in [0.25, 0.3) is 0 Å². The number of aliphatic hydroxyl groups excluding tert-OH is 1. The maximum absolute atomic E-state index is 12.5. The summed E-state index contributed by atoms with van der Waals surface area (Å²) in [5, 5.41) is 22.1. The second-order valence-corrected chi connectivity index (χ2v) is 13.4. The van der Waals surface area contributed by atoms with Gasteiger partial charge in [-0.15, -0.1) is 5.10 Å². The first-order valence-electron chi connectivity index (χ1n) is 17.4. The van der Waals surface area contributed by atoms with Gasteiger partial charge in [-0.2, -0.15) is 0 Å². The quantitative estimate of drug-likeness (QED) is 0.172. The number of Topliss-reactive ketones (excluding diaryl/α,β-unsaturated/α-hetero) is 1. The first-order valence-corrected chi connectivity index (χ1v) is 17.4. The fraction of sp³-hybridized carbons (Fsp3) is 0.568. The summed E-state index contributed by atoms with van der Waals surface area (Å²) in [6.07, 6.45) is 2.08. The number of aliphatic hydroxyl groups is 1. The Morgan fingerprint density at radius 2 is 1.84 bits per heavy atom. The van der Waals surface area contributed by atoms with Crippen LogP contribution >= 0.6 is 0 Å². The molecule has 3 aromatic rings. The molecule has 3 heterocycles. The zero-order valence-electron chi connectivity index (χ0n) is 29.4. The van der Waals surface area contributed by atoms with E-state index in [0.29, 0.717) is 31.6 Å². The van der Waals surface area contributed by atoms with Crippen molar-refractivity contribution in [1.82, 2.24) is 20.3 Å². The molecule has 2 fully saturated rings. The minimum absolute atomic E-state index is 0.0198. The van der Waals surface area contributed by atoms with Gasteiger partial charge in [-0.05, 0) is 50.8 Å². The van der Waals surface area contributed by atoms with Crippen LogP contribution in [0.2, 0.25) is 0 Å². The van der Waals surface area contributed by atoms with Gasteiger partial charge in [0, 0.05) is 30.9 Å². The molecule has 0 bridgehead atoms. The number of ether oxygens (including phenoxy) is 6. The standard InChI is InChI=1S/C37H50N4O9/c1-25-33-34(50-37(2,3)49-33)32(22-41-21-31(39-40-41)27-14-11-16-30(20-27)45-4)48-35(25)46-24-29(43)18-17-28(42)15-9-6-10-19-38-36(44)47-23-26-12-7-5-8-13-26/h5,7-8,11-14,16,20-21,25,29,32-35,43H,6,9-10,15,17-19,22-24H2,1-4H3,(H,38,44). The van der Waals surface area contributed by atoms with Crippen LogP contribution in [-0.2, 0) is 41.6 Å². The molecule has 0 radical (unpaired) electrons. The molecule has 2 N–H and O–H groups in total. The van der Waals surface area contributed by atoms with Crippen LogP contribution in [0.25, 0.3) is 11.3 Å². The number of ketones is 1. The molecule has 6 unspecified atom stereocenters. The zero-order valence-corrected chi connectivity index (χ0v) is 29.4. The number of carbonyl (C=O) groups is 2. The first kappa shape index (κ1) is 37.4. The summed E-state index contributed by atoms with van der Waals surface area (Å²) < 4.78 is 37.3. The third-order valence-corrected chi connectivity index (χ3v) is 8.88. The van der Waals surface area contributed by atoms with Crippen LogP contribution < -0.4 is 10.1 Å². The van der Waals surface area contributed by atoms with E-state index in [4.69, 9.17) is 28.4 Å². The lowest BCUT2D eigenvalue weighted by Gasteiger charge is -2.40. The predicted molar refractivity (Wildman–Crippen MR) is 183 cm³/mol. The van der Waals surface area contributed by atoms with Crippen molar-refractivity contribution in [1.29, 1.82) is 0 Å². The average molecular weight is 695 g/mol. The molecule has 5 rings (SSSR count). The van der Waals surface area contributed by atoms with Gasteiger partial charge in [0.15, 0.2) is 12.1 Å². The highest BCUT2D eigenvalue weighted by Crippen LogP contribution is 2.41. The fourth-order valence-electron chi connectivity index (χ4n) is 6.19. The molecule has 0 spiro atoms. The van der Waals surface area contributed by atoms with Gasteiger partial charge in [0.05, 0.1) is 38.7 Å². The van der Waals surface area contributed by atoms with Crippen molar-refractivity contribution in [2.45, 2.75) is 109 Å². The summed E-state index contributed by atoms with van der Waals surface area (Å²) in [5.74, 6) is -0.145. The number of amides is 1. The van der Waals surface area contributed by atoms with Crippen LogP contribution in [0.5, 0.6) is 5.75 Å². The van der Waals surface area contributed by atoms with Crippen molar-refractivity contribution in [3.05, 3.63) is 66.4 Å². The molecule has 1 amide bonds. The van der Waals surface area contributed by atoms with E-state index < -0.39 is 30.4 Å². The summed E-state index contributed by atoms with van der Waals surface area (Å²) >= 11 is 0. The minimum Gasteiger partial charge on any atom is -0.497 e. The summed E-state index contributed by atoms with van der Waals surface area (Å²) in [6.45, 7) is 6.83. The van der Waals surface area contributed by atoms with Crippen molar-refractivity contribution < 1.29 is 43.1 Å². The van der Waals surface area contributed by atoms with Crippen molar-refractivity contribution >= 4 is 11.9 Å². The number of rotatable bonds is 18. The first-order chi connectivity index (χ1) is 24.1. The number of hydrogen-bond acceptors (Lipinski definition) is 11. The zero-order chi connectivity index (χ0) is 35.5. The Kier molecular flexibility index (Phi) is 13.4. The normalized spacial score (nSPS) is 23.2. The molecule has 0 aliphatic carbocycles. The third-order valence-electron chi connectivity index (χ3n) is 8.88. The maximum Gasteiger partial charge on any atom is 0.407 e. The lowest BCUT2D eigenvalue weighted by Crippen LogP contribution is -2.54. The number of nitrogens with zero attached hydrogens (tertiary/aromatic N) is 3. The number of benzene rings is 2. The Labute approximate surface area is 293 Å². The molecular formula is C37H50N4O9. The number of alkyl carbamates (subject to hydrolysis) is 1. The maximum atomic E-state index is 12.5. The Morgan fingerprint density at radius 1 is 1.04 bits per heavy atom. The van der Waals surface area contributed by atoms with E-state index in [1.807, 2.05) is 81.6 Å². The molecule has 13 nitrogen and oxygen atoms in total. The lowest BCUT2D eigenvalue weighted by molar-refractivity contribution is -0.264. The predicted octanol–water partition coefficient (Wildman–Crippen LogP) is 5.05. The molecule has 2 aromatic carbocycles. The van der Waals surface area contributed by atoms with E-state index in [0.717, 1.165) is 36.1 Å². The van der Waals surface area contributed by atoms with Crippen molar-refractivity contribution in [3.63, 3.8) is 0 Å². The Balaban J connectivity index is 1.01. The summed E-state index contributed by atoms with van der Waals surface area (Å²) in [5.41, 5.74) is 2.51. The Bertz CT molecular complexity index is 1520. The highest BCUT2D eigenvalue weighted by Gasteiger charge is 2.54. The van der Waals surface area contributed by atoms with Crippen LogP contribution in [0.1, 0.15) is 64.9 Å². The lowest BCUT2D eigenvalue weighted by atomic mass is 9.92. The second-order valence-electron chi connectivity index (χ2n) is 13.4. The van der Waals surface area contributed by atoms with Crippen LogP contribution in [0.3, 0.4) is 0 Å². The summed E-state index contributed by atoms with van der Waals surface area (Å²) in [7, 11) is 1.62. The minimum atomic E-state index is -0.824. The number of unbranched alkanes of at least 4 members (excludes halogenated alkanes) is 2. The van der Waals surface area contributed by atoms with E-state index in [-0.39, 0.29) is 43.5 Å². The monoisotopic (exact) mass is 694 g/mol. The second kappa shape index (κ2) is 17.9. The van der Waals surface area contributed by atoms with Crippen molar-refractivity contribution in [2.75, 3.05) is 20.3 Å². The van der Waals surface area contributed by atoms with Gasteiger partial charge in [0.1, 0.15) is 36.0 Å². The van der Waals surface area contributed by atoms with Crippen LogP contribution in [-0.4, -0.2) is 88.7 Å². The molecule has 2 aliphatic heterocycles. The van der Waals surface area contributed by atoms with Crippen LogP contribution in [0, 0.1) is 5.92 Å². The molecule has 272 valence electrons. The molecule has 50 heavy (non-hydrogen) atoms. The molecule has 6 atom stereocenters. The smallest absolute Gasteiger partial charge is 0.407 e. The van der Waals surface area contributed by atoms with E-state index >= 15 is 0 Å². The number of hydrogen-bond donors (Lipinski definition) is 2. The molecule has 2 saturated heterocycles. The van der Waals surface area contributed by atoms with Crippen LogP contribution in [0.15, 0.2) is 60.8 Å². The van der Waals surface area contributed by atoms with Gasteiger partial charge in [-0.25, -0.2) is 9.48 Å². The van der Waals surface area contributed by atoms with Crippen LogP contribution in [0.4, 0.5) is 4.79 Å². The number of methoxy groups -OCH3 is 1. The highest BCUT2D eigenvalue weighted by molar-refractivity contribution is 5.78. The third kappa shape index (κ3) is 10.8. The SMILES string of the molecule is COc1cccc(-c2cn(CC3OC(OCC(O)CCC(=O)CCCCCNC(=O)OCc4ccccc4)C(C)C4OC(C)(C)OC34)nn2)c1. The number of aromatic nitrogens is 3. The Morgan fingerprint density at radius 3 is 2.64 bits per heavy atom. The van der Waals surface area contributed by atoms with E-state index in [1.54, 1.807) is 11.8 Å². The van der Waals surface area contributed by atoms with Crippen molar-refractivity contribution in [3.8, 4) is 17.0 Å². The Hall–Kier alpha value is -3.88. The fourth-order valence-corrected chi connectivity index (χ4v) is 6.19. The molecule has 1 aromatic heterocycles. The highest BCUT2D eigenvalue weighted by atomic mass is 16.8. The number of carbonyl (C=O) groups excluding carboxylic acids is 2. The van der Waals surface area contributed by atoms with Gasteiger partial charge in [-0.3, -0.25) is 4.79 Å². The van der Waals surface area contributed by atoms with Crippen molar-refractivity contribution in [2.24, 2.45) is 5.92 Å². The van der Waals surface area contributed by atoms with E-state index in [2.05, 4.69) is 15.6 Å². The molecular weight excluding hydrogens is 644 g/mol. The summed E-state index contributed by atoms with van der Waals surface area (Å²) in [6, 6.07) is 17.1. The van der Waals surface area contributed by atoms with E-state index in [1.165, 1.54) is 0 Å². The largest absolute Gasteiger partial charge is 0.497 e. The van der Waals surface area contributed by atoms with Gasteiger partial charge in [-0.1, -0.05) is 61.0 Å². The van der Waals surface area contributed by atoms with Gasteiger partial charge < -0.3 is 38.8 Å². The van der Waals surface area contributed by atoms with E-state index in [9.17, 15) is 14.7 Å². The topological polar surface area (TPSA) is 152 Å². The number of fused-ring (bicyclic) bond motifs is 1. The summed E-state index contributed by atoms with van der Waals surface area (Å²) in [4.78, 5) is 24.3. The van der Waals surface area contributed by atoms with Gasteiger partial charge in [0.2, 0.25) is 0 Å². The molecule has 13 heteroatoms.